The van der Waals surface area contributed by atoms with E-state index in [2.05, 4.69) is 44.5 Å². The van der Waals surface area contributed by atoms with Gasteiger partial charge in [0.1, 0.15) is 11.5 Å². The van der Waals surface area contributed by atoms with Crippen LogP contribution in [0.25, 0.3) is 0 Å². The molecule has 0 radical (unpaired) electrons. The number of carbonyl (C=O) groups excluding carboxylic acids is 3. The fourth-order valence-corrected chi connectivity index (χ4v) is 7.01. The molecule has 1 saturated carbocycles. The number of benzene rings is 1. The molecule has 1 spiro atoms. The van der Waals surface area contributed by atoms with E-state index in [-0.39, 0.29) is 40.7 Å². The minimum absolute atomic E-state index is 0.0268. The average molecular weight is 501 g/mol. The number of fused-ring (bicyclic) bond motifs is 1. The summed E-state index contributed by atoms with van der Waals surface area (Å²) in [4.78, 5) is 39.5. The lowest BCUT2D eigenvalue weighted by molar-refractivity contribution is -0.149. The molecule has 0 bridgehead atoms. The van der Waals surface area contributed by atoms with Crippen molar-refractivity contribution in [3.05, 3.63) is 29.8 Å². The van der Waals surface area contributed by atoms with Gasteiger partial charge in [0.2, 0.25) is 5.91 Å². The normalized spacial score (nSPS) is 30.3. The smallest absolute Gasteiger partial charge is 0.258 e. The molecule has 2 amide bonds. The van der Waals surface area contributed by atoms with E-state index in [0.29, 0.717) is 24.2 Å². The molecule has 2 N–H and O–H groups in total. The van der Waals surface area contributed by atoms with Crippen LogP contribution in [0.1, 0.15) is 70.7 Å². The van der Waals surface area contributed by atoms with Crippen molar-refractivity contribution in [1.82, 2.24) is 10.6 Å². The summed E-state index contributed by atoms with van der Waals surface area (Å²) < 4.78 is 12.9. The Morgan fingerprint density at radius 1 is 1.17 bits per heavy atom. The molecule has 2 aliphatic heterocycles. The first-order valence-corrected chi connectivity index (χ1v) is 15.8. The highest BCUT2D eigenvalue weighted by molar-refractivity contribution is 6.74. The van der Waals surface area contributed by atoms with Crippen molar-refractivity contribution < 1.29 is 23.5 Å². The van der Waals surface area contributed by atoms with Crippen LogP contribution in [0.2, 0.25) is 18.1 Å². The van der Waals surface area contributed by atoms with E-state index in [1.165, 1.54) is 0 Å². The highest BCUT2D eigenvalue weighted by Gasteiger charge is 2.55. The molecule has 4 rings (SSSR count). The zero-order chi connectivity index (χ0) is 25.8. The fourth-order valence-electron chi connectivity index (χ4n) is 5.58. The van der Waals surface area contributed by atoms with Crippen molar-refractivity contribution in [2.75, 3.05) is 0 Å². The maximum absolute atomic E-state index is 13.9. The highest BCUT2D eigenvalue weighted by Crippen LogP contribution is 2.43. The fraction of sp³-hybridized carbons (Fsp3) is 0.667. The minimum Gasteiger partial charge on any atom is -0.466 e. The molecule has 35 heavy (non-hydrogen) atoms. The number of carbonyl (C=O) groups is 3. The van der Waals surface area contributed by atoms with Gasteiger partial charge in [-0.25, -0.2) is 0 Å². The third-order valence-corrected chi connectivity index (χ3v) is 13.3. The number of para-hydroxylation sites is 1. The van der Waals surface area contributed by atoms with Crippen molar-refractivity contribution in [2.24, 2.45) is 17.8 Å². The molecule has 192 valence electrons. The second-order valence-corrected chi connectivity index (χ2v) is 16.8. The number of ketones is 1. The van der Waals surface area contributed by atoms with E-state index in [1.54, 1.807) is 18.2 Å². The lowest BCUT2D eigenvalue weighted by atomic mass is 9.69. The molecule has 0 aromatic heterocycles. The first-order valence-electron chi connectivity index (χ1n) is 12.9. The van der Waals surface area contributed by atoms with Crippen LogP contribution >= 0.6 is 0 Å². The van der Waals surface area contributed by atoms with Crippen LogP contribution in [0.4, 0.5) is 0 Å². The Hall–Kier alpha value is -2.19. The van der Waals surface area contributed by atoms with E-state index in [4.69, 9.17) is 9.16 Å². The number of hydrogen-bond acceptors (Lipinski definition) is 5. The van der Waals surface area contributed by atoms with Gasteiger partial charge in [0.15, 0.2) is 14.0 Å². The second-order valence-electron chi connectivity index (χ2n) is 12.1. The molecule has 2 unspecified atom stereocenters. The predicted octanol–water partition coefficient (Wildman–Crippen LogP) is 4.43. The third-order valence-electron chi connectivity index (χ3n) is 8.72. The molecular weight excluding hydrogens is 460 g/mol. The lowest BCUT2D eigenvalue weighted by Crippen LogP contribution is -2.69. The molecule has 1 saturated heterocycles. The molecule has 7 nitrogen and oxygen atoms in total. The average Bonchev–Trinajstić information content (AvgIpc) is 2.75. The van der Waals surface area contributed by atoms with Gasteiger partial charge in [-0.3, -0.25) is 14.4 Å². The molecular formula is C27H40N2O5Si. The number of β-lactam (4-membered cyclic amide) rings is 1. The van der Waals surface area contributed by atoms with E-state index < -0.39 is 25.9 Å². The summed E-state index contributed by atoms with van der Waals surface area (Å²) in [7, 11) is -2.07. The molecule has 8 heteroatoms. The van der Waals surface area contributed by atoms with Gasteiger partial charge < -0.3 is 19.8 Å². The molecule has 1 aromatic carbocycles. The van der Waals surface area contributed by atoms with Gasteiger partial charge in [-0.05, 0) is 50.0 Å². The molecule has 1 aliphatic carbocycles. The topological polar surface area (TPSA) is 93.7 Å². The maximum atomic E-state index is 13.9. The predicted molar refractivity (Wildman–Crippen MR) is 137 cm³/mol. The van der Waals surface area contributed by atoms with Gasteiger partial charge >= 0.3 is 0 Å². The van der Waals surface area contributed by atoms with Gasteiger partial charge in [-0.15, -0.1) is 0 Å². The van der Waals surface area contributed by atoms with E-state index >= 15 is 0 Å². The number of Topliss-reactive ketones (excluding diaryl/α,β-unsaturated/α-hetero) is 1. The number of hydrogen-bond donors (Lipinski definition) is 2. The zero-order valence-electron chi connectivity index (χ0n) is 22.1. The van der Waals surface area contributed by atoms with Gasteiger partial charge in [-0.1, -0.05) is 46.2 Å². The van der Waals surface area contributed by atoms with E-state index in [0.717, 1.165) is 12.8 Å². The maximum Gasteiger partial charge on any atom is 0.258 e. The summed E-state index contributed by atoms with van der Waals surface area (Å²) in [6, 6.07) is 6.87. The third kappa shape index (κ3) is 4.55. The zero-order valence-corrected chi connectivity index (χ0v) is 23.1. The van der Waals surface area contributed by atoms with E-state index in [1.807, 2.05) is 19.9 Å². The van der Waals surface area contributed by atoms with Gasteiger partial charge in [-0.2, -0.15) is 0 Å². The number of ether oxygens (including phenoxy) is 1. The van der Waals surface area contributed by atoms with Crippen molar-refractivity contribution in [2.45, 2.75) is 96.3 Å². The molecule has 3 aliphatic rings. The molecule has 2 fully saturated rings. The van der Waals surface area contributed by atoms with Crippen molar-refractivity contribution in [3.63, 3.8) is 0 Å². The molecule has 2 heterocycles. The Kier molecular flexibility index (Phi) is 6.68. The summed E-state index contributed by atoms with van der Waals surface area (Å²) in [6.45, 7) is 14.7. The SMILES string of the molecule is CC(C(=O)C1CCCC[C@]12NC(=O)c1ccccc1O2)[C@H]1NC(=O)[C@H]1[C@@H](C)O[Si](C)(C)C(C)(C)C. The Balaban J connectivity index is 1.53. The number of amides is 2. The van der Waals surface area contributed by atoms with Crippen LogP contribution in [0.15, 0.2) is 24.3 Å². The van der Waals surface area contributed by atoms with E-state index in [9.17, 15) is 14.4 Å². The monoisotopic (exact) mass is 500 g/mol. The van der Waals surface area contributed by atoms with Crippen molar-refractivity contribution >= 4 is 25.9 Å². The minimum atomic E-state index is -2.07. The molecule has 1 aromatic rings. The van der Waals surface area contributed by atoms with Crippen molar-refractivity contribution in [1.29, 1.82) is 0 Å². The second kappa shape index (κ2) is 9.03. The van der Waals surface area contributed by atoms with Crippen LogP contribution in [0.5, 0.6) is 5.75 Å². The Bertz CT molecular complexity index is 1020. The Morgan fingerprint density at radius 3 is 2.51 bits per heavy atom. The van der Waals surface area contributed by atoms with Crippen LogP contribution in [-0.2, 0) is 14.0 Å². The van der Waals surface area contributed by atoms with Crippen LogP contribution < -0.4 is 15.4 Å². The Labute approximate surface area is 209 Å². The standard InChI is InChI=1S/C27H40N2O5Si/c1-16(22-21(25(32)28-22)17(2)34-35(6,7)26(3,4)5)23(30)19-13-10-11-15-27(19)29-24(31)18-12-8-9-14-20(18)33-27/h8-9,12,14,16-17,19,21-22H,10-11,13,15H2,1-7H3,(H,28,32)(H,29,31)/t16?,17-,19?,21+,22-,27-/m1/s1. The van der Waals surface area contributed by atoms with Gasteiger partial charge in [0.25, 0.3) is 5.91 Å². The summed E-state index contributed by atoms with van der Waals surface area (Å²) in [5.74, 6) is -0.973. The summed E-state index contributed by atoms with van der Waals surface area (Å²) in [6.07, 6.45) is 2.73. The molecule has 6 atom stereocenters. The van der Waals surface area contributed by atoms with Crippen LogP contribution in [0.3, 0.4) is 0 Å². The first-order chi connectivity index (χ1) is 16.3. The van der Waals surface area contributed by atoms with Crippen LogP contribution in [0, 0.1) is 17.8 Å². The number of rotatable bonds is 6. The first kappa shape index (κ1) is 25.9. The van der Waals surface area contributed by atoms with Gasteiger partial charge in [0.05, 0.1) is 29.5 Å². The summed E-state index contributed by atoms with van der Waals surface area (Å²) in [5, 5.41) is 6.06. The quantitative estimate of drug-likeness (QED) is 0.445. The summed E-state index contributed by atoms with van der Waals surface area (Å²) in [5.41, 5.74) is -0.549. The summed E-state index contributed by atoms with van der Waals surface area (Å²) >= 11 is 0. The Morgan fingerprint density at radius 2 is 1.86 bits per heavy atom. The van der Waals surface area contributed by atoms with Crippen LogP contribution in [-0.4, -0.2) is 43.8 Å². The number of nitrogens with one attached hydrogen (secondary N) is 2. The van der Waals surface area contributed by atoms with Crippen molar-refractivity contribution in [3.8, 4) is 5.75 Å². The largest absolute Gasteiger partial charge is 0.466 e. The van der Waals surface area contributed by atoms with Gasteiger partial charge in [0, 0.05) is 12.3 Å². The lowest BCUT2D eigenvalue weighted by Gasteiger charge is -2.49. The highest BCUT2D eigenvalue weighted by atomic mass is 28.4.